The zero-order valence-corrected chi connectivity index (χ0v) is 30.5. The van der Waals surface area contributed by atoms with Crippen molar-refractivity contribution in [3.63, 3.8) is 0 Å². The van der Waals surface area contributed by atoms with Crippen LogP contribution in [-0.4, -0.2) is 21.2 Å². The van der Waals surface area contributed by atoms with E-state index in [1.54, 1.807) is 4.57 Å². The van der Waals surface area contributed by atoms with E-state index in [-0.39, 0.29) is 28.6 Å². The van der Waals surface area contributed by atoms with E-state index in [2.05, 4.69) is 25.8 Å². The molecule has 2 aliphatic rings. The van der Waals surface area contributed by atoms with Crippen LogP contribution in [0.15, 0.2) is 61.8 Å². The summed E-state index contributed by atoms with van der Waals surface area (Å²) >= 11 is 0. The largest absolute Gasteiger partial charge is 0.494 e. The second-order valence-electron chi connectivity index (χ2n) is 14.7. The summed E-state index contributed by atoms with van der Waals surface area (Å²) in [5.41, 5.74) is 0.513. The molecule has 0 spiro atoms. The van der Waals surface area contributed by atoms with Gasteiger partial charge in [-0.2, -0.15) is 0 Å². The lowest BCUT2D eigenvalue weighted by atomic mass is 9.83. The third kappa shape index (κ3) is 6.13. The van der Waals surface area contributed by atoms with E-state index in [1.165, 1.54) is 19.3 Å². The average Bonchev–Trinajstić information content (AvgIpc) is 3.13. The van der Waals surface area contributed by atoms with E-state index >= 15 is 0 Å². The van der Waals surface area contributed by atoms with E-state index in [1.807, 2.05) is 42.5 Å². The van der Waals surface area contributed by atoms with Crippen molar-refractivity contribution in [2.75, 3.05) is 6.54 Å². The molecule has 51 heavy (non-hydrogen) atoms. The highest BCUT2D eigenvalue weighted by atomic mass is 16.3. The van der Waals surface area contributed by atoms with Crippen molar-refractivity contribution in [1.82, 2.24) is 9.55 Å². The van der Waals surface area contributed by atoms with Gasteiger partial charge in [-0.15, -0.1) is 0 Å². The van der Waals surface area contributed by atoms with Crippen LogP contribution in [0.5, 0.6) is 5.88 Å². The van der Waals surface area contributed by atoms with Crippen LogP contribution in [0.3, 0.4) is 0 Å². The number of unbranched alkanes of at least 4 members (excludes halogenated alkanes) is 10. The summed E-state index contributed by atoms with van der Waals surface area (Å²) < 4.78 is 1.60. The van der Waals surface area contributed by atoms with Crippen molar-refractivity contribution < 1.29 is 5.11 Å². The minimum Gasteiger partial charge on any atom is -0.494 e. The summed E-state index contributed by atoms with van der Waals surface area (Å²) in [5.74, 6) is -0.153. The Morgan fingerprint density at radius 1 is 0.608 bits per heavy atom. The molecular formula is C44H51N3O4. The molecule has 2 heterocycles. The summed E-state index contributed by atoms with van der Waals surface area (Å²) in [4.78, 5) is 50.3. The van der Waals surface area contributed by atoms with Crippen molar-refractivity contribution in [1.29, 1.82) is 0 Å². The Bertz CT molecular complexity index is 2500. The maximum absolute atomic E-state index is 14.8. The van der Waals surface area contributed by atoms with Crippen LogP contribution >= 0.6 is 0 Å². The second kappa shape index (κ2) is 15.0. The third-order valence-electron chi connectivity index (χ3n) is 11.3. The fourth-order valence-corrected chi connectivity index (χ4v) is 8.69. The highest BCUT2D eigenvalue weighted by Crippen LogP contribution is 2.45. The Hall–Kier alpha value is -4.52. The molecule has 0 radical (unpaired) electrons. The van der Waals surface area contributed by atoms with Crippen molar-refractivity contribution in [3.8, 4) is 17.0 Å². The number of nitrogens with zero attached hydrogens (tertiary/aromatic N) is 2. The molecule has 0 bridgehead atoms. The summed E-state index contributed by atoms with van der Waals surface area (Å²) in [6, 6.07) is 13.4. The first-order valence-electron chi connectivity index (χ1n) is 19.6. The first-order valence-corrected chi connectivity index (χ1v) is 19.6. The van der Waals surface area contributed by atoms with Crippen molar-refractivity contribution in [2.24, 2.45) is 4.99 Å². The standard InChI is InChI=1S/C44H51N3O4/c1-4-7-10-13-16-25-45-35-26-34-38-33(43(50)47(44(34)51)27(17-14-11-8-5-2)18-15-12-9-6-3)24-20-29-28-19-22-31-37-32(42(49)46-41(31)48)23-21-30(36(28)37)39(35)40(29)38/h19-24,26-27H,4-18,25H2,1-3H3,(H2,46,48,49). The number of fused-ring (bicyclic) bond motifs is 2. The van der Waals surface area contributed by atoms with Gasteiger partial charge in [0.05, 0.1) is 10.9 Å². The first-order chi connectivity index (χ1) is 24.9. The van der Waals surface area contributed by atoms with Crippen molar-refractivity contribution >= 4 is 53.9 Å². The monoisotopic (exact) mass is 685 g/mol. The number of nitrogens with one attached hydrogen (secondary N) is 1. The number of H-pyrrole nitrogens is 1. The Kier molecular flexibility index (Phi) is 10.3. The SMILES string of the molecule is CCCCCCCN=c1cc2c(=O)n(C(CCCCCC)CCCCCC)c(=O)c3ccc4c5ccc6c(O)[nH]c(=O)c7ccc(c1c4c3-2)c5c67. The van der Waals surface area contributed by atoms with Gasteiger partial charge >= 0.3 is 0 Å². The predicted octanol–water partition coefficient (Wildman–Crippen LogP) is 10.1. The van der Waals surface area contributed by atoms with E-state index in [9.17, 15) is 19.5 Å². The molecule has 0 amide bonds. The van der Waals surface area contributed by atoms with Crippen LogP contribution in [0.2, 0.25) is 0 Å². The molecule has 1 aliphatic heterocycles. The van der Waals surface area contributed by atoms with Crippen LogP contribution in [0.4, 0.5) is 0 Å². The van der Waals surface area contributed by atoms with Crippen LogP contribution < -0.4 is 22.0 Å². The van der Waals surface area contributed by atoms with Crippen molar-refractivity contribution in [3.05, 3.63) is 78.9 Å². The molecule has 0 fully saturated rings. The van der Waals surface area contributed by atoms with Gasteiger partial charge in [0.1, 0.15) is 0 Å². The van der Waals surface area contributed by atoms with E-state index < -0.39 is 0 Å². The molecular weight excluding hydrogens is 635 g/mol. The molecule has 7 nitrogen and oxygen atoms in total. The molecule has 7 rings (SSSR count). The molecule has 7 heteroatoms. The zero-order chi connectivity index (χ0) is 35.6. The van der Waals surface area contributed by atoms with Gasteiger partial charge in [0.15, 0.2) is 5.88 Å². The highest BCUT2D eigenvalue weighted by molar-refractivity contribution is 6.37. The Morgan fingerprint density at radius 3 is 1.84 bits per heavy atom. The molecule has 1 aromatic heterocycles. The molecule has 2 N–H and O–H groups in total. The maximum atomic E-state index is 14.8. The molecule has 0 saturated heterocycles. The molecule has 4 aromatic carbocycles. The van der Waals surface area contributed by atoms with E-state index in [4.69, 9.17) is 4.99 Å². The van der Waals surface area contributed by atoms with Gasteiger partial charge in [-0.1, -0.05) is 116 Å². The lowest BCUT2D eigenvalue weighted by molar-refractivity contribution is 0.383. The summed E-state index contributed by atoms with van der Waals surface area (Å²) in [6.45, 7) is 7.25. The van der Waals surface area contributed by atoms with Gasteiger partial charge in [0.2, 0.25) is 0 Å². The number of aromatic nitrogens is 2. The number of hydrogen-bond acceptors (Lipinski definition) is 5. The van der Waals surface area contributed by atoms with Crippen molar-refractivity contribution in [2.45, 2.75) is 123 Å². The molecule has 266 valence electrons. The van der Waals surface area contributed by atoms with Crippen LogP contribution in [0.1, 0.15) is 123 Å². The number of hydrogen-bond donors (Lipinski definition) is 2. The van der Waals surface area contributed by atoms with E-state index in [0.29, 0.717) is 39.2 Å². The molecule has 1 aliphatic carbocycles. The molecule has 0 saturated carbocycles. The number of rotatable bonds is 17. The quantitative estimate of drug-likeness (QED) is 0.0565. The fraction of sp³-hybridized carbons (Fsp3) is 0.455. The zero-order valence-electron chi connectivity index (χ0n) is 30.5. The van der Waals surface area contributed by atoms with Gasteiger partial charge < -0.3 is 5.11 Å². The lowest BCUT2D eigenvalue weighted by Crippen LogP contribution is -2.38. The molecule has 5 aromatic rings. The number of pyridine rings is 2. The number of aromatic amines is 1. The van der Waals surface area contributed by atoms with Gasteiger partial charge in [0.25, 0.3) is 16.7 Å². The molecule has 0 unspecified atom stereocenters. The summed E-state index contributed by atoms with van der Waals surface area (Å²) in [7, 11) is 0. The minimum absolute atomic E-state index is 0.139. The minimum atomic E-state index is -0.341. The van der Waals surface area contributed by atoms with Crippen LogP contribution in [-0.2, 0) is 0 Å². The van der Waals surface area contributed by atoms with Gasteiger partial charge in [-0.3, -0.25) is 28.9 Å². The Balaban J connectivity index is 1.53. The summed E-state index contributed by atoms with van der Waals surface area (Å²) in [5, 5.41) is 19.3. The smallest absolute Gasteiger partial charge is 0.261 e. The second-order valence-corrected chi connectivity index (χ2v) is 14.7. The molecule has 0 atom stereocenters. The van der Waals surface area contributed by atoms with Crippen LogP contribution in [0.25, 0.3) is 65.0 Å². The van der Waals surface area contributed by atoms with Gasteiger partial charge in [0, 0.05) is 50.5 Å². The topological polar surface area (TPSA) is 105 Å². The third-order valence-corrected chi connectivity index (χ3v) is 11.3. The normalized spacial score (nSPS) is 12.9. The summed E-state index contributed by atoms with van der Waals surface area (Å²) in [6.07, 6.45) is 16.0. The maximum Gasteiger partial charge on any atom is 0.261 e. The Morgan fingerprint density at radius 2 is 1.16 bits per heavy atom. The number of aromatic hydroxyl groups is 1. The first kappa shape index (κ1) is 34.9. The number of benzene rings is 5. The Labute approximate surface area is 298 Å². The van der Waals surface area contributed by atoms with Crippen LogP contribution in [0, 0.1) is 0 Å². The van der Waals surface area contributed by atoms with E-state index in [0.717, 1.165) is 115 Å². The van der Waals surface area contributed by atoms with Gasteiger partial charge in [-0.25, -0.2) is 0 Å². The van der Waals surface area contributed by atoms with Gasteiger partial charge in [-0.05, 0) is 65.1 Å². The highest BCUT2D eigenvalue weighted by Gasteiger charge is 2.28. The lowest BCUT2D eigenvalue weighted by Gasteiger charge is -2.24. The fourth-order valence-electron chi connectivity index (χ4n) is 8.69. The average molecular weight is 686 g/mol. The predicted molar refractivity (Wildman–Crippen MR) is 213 cm³/mol.